The molecule has 0 radical (unpaired) electrons. The van der Waals surface area contributed by atoms with Gasteiger partial charge in [-0.25, -0.2) is 4.79 Å². The highest BCUT2D eigenvalue weighted by Gasteiger charge is 2.27. The summed E-state index contributed by atoms with van der Waals surface area (Å²) in [6.45, 7) is 11.1. The zero-order chi connectivity index (χ0) is 22.4. The molecule has 0 fully saturated rings. The normalized spacial score (nSPS) is 10.6. The molecular weight excluding hydrogens is 418 g/mol. The number of anilines is 2. The van der Waals surface area contributed by atoms with Crippen molar-refractivity contribution >= 4 is 51.2 Å². The van der Waals surface area contributed by atoms with Gasteiger partial charge in [0.05, 0.1) is 17.6 Å². The third-order valence-electron chi connectivity index (χ3n) is 4.84. The molecule has 30 heavy (non-hydrogen) atoms. The molecule has 2 rings (SSSR count). The Morgan fingerprint density at radius 3 is 2.23 bits per heavy atom. The van der Waals surface area contributed by atoms with Gasteiger partial charge in [0.2, 0.25) is 0 Å². The number of thiophene rings is 1. The van der Waals surface area contributed by atoms with Crippen LogP contribution in [0.5, 0.6) is 0 Å². The summed E-state index contributed by atoms with van der Waals surface area (Å²) in [4.78, 5) is 27.5. The predicted molar refractivity (Wildman–Crippen MR) is 128 cm³/mol. The van der Waals surface area contributed by atoms with Gasteiger partial charge in [-0.2, -0.15) is 0 Å². The van der Waals surface area contributed by atoms with Crippen molar-refractivity contribution in [2.24, 2.45) is 0 Å². The number of carbonyl (C=O) groups excluding carboxylic acids is 2. The second kappa shape index (κ2) is 10.5. The maximum absolute atomic E-state index is 12.9. The Morgan fingerprint density at radius 2 is 1.73 bits per heavy atom. The van der Waals surface area contributed by atoms with Crippen molar-refractivity contribution in [2.75, 3.05) is 30.8 Å². The van der Waals surface area contributed by atoms with Gasteiger partial charge in [0, 0.05) is 18.8 Å². The molecule has 0 unspecified atom stereocenters. The van der Waals surface area contributed by atoms with Crippen LogP contribution in [-0.2, 0) is 4.74 Å². The number of rotatable bonds is 7. The molecule has 2 aromatic rings. The van der Waals surface area contributed by atoms with E-state index in [1.165, 1.54) is 24.0 Å². The maximum Gasteiger partial charge on any atom is 0.341 e. The number of hydrogen-bond donors (Lipinski definition) is 2. The van der Waals surface area contributed by atoms with Crippen LogP contribution in [0.2, 0.25) is 0 Å². The number of methoxy groups -OCH3 is 1. The molecule has 162 valence electrons. The van der Waals surface area contributed by atoms with E-state index in [2.05, 4.69) is 24.5 Å². The van der Waals surface area contributed by atoms with E-state index in [-0.39, 0.29) is 5.91 Å². The van der Waals surface area contributed by atoms with Crippen LogP contribution in [0.25, 0.3) is 0 Å². The summed E-state index contributed by atoms with van der Waals surface area (Å²) in [5.74, 6) is -0.166. The molecule has 6 nitrogen and oxygen atoms in total. The van der Waals surface area contributed by atoms with Gasteiger partial charge in [-0.05, 0) is 62.2 Å². The molecular formula is C22H29N3O3S2. The number of esters is 1. The Hall–Kier alpha value is -2.45. The molecule has 1 amide bonds. The van der Waals surface area contributed by atoms with Crippen molar-refractivity contribution in [1.82, 2.24) is 4.90 Å². The summed E-state index contributed by atoms with van der Waals surface area (Å²) >= 11 is 6.65. The molecule has 0 aliphatic carbocycles. The van der Waals surface area contributed by atoms with E-state index < -0.39 is 5.97 Å². The molecule has 1 aromatic carbocycles. The number of nitrogens with one attached hydrogen (secondary N) is 2. The molecule has 2 N–H and O–H groups in total. The molecule has 0 atom stereocenters. The van der Waals surface area contributed by atoms with Gasteiger partial charge in [-0.3, -0.25) is 4.79 Å². The quantitative estimate of drug-likeness (QED) is 0.446. The Labute approximate surface area is 187 Å². The first-order chi connectivity index (χ1) is 14.2. The number of benzene rings is 1. The first-order valence-corrected chi connectivity index (χ1v) is 11.1. The lowest BCUT2D eigenvalue weighted by atomic mass is 10.0. The highest BCUT2D eigenvalue weighted by atomic mass is 32.1. The summed E-state index contributed by atoms with van der Waals surface area (Å²) in [6.07, 6.45) is 0. The van der Waals surface area contributed by atoms with E-state index in [1.807, 2.05) is 38.1 Å². The van der Waals surface area contributed by atoms with Crippen LogP contribution in [0, 0.1) is 6.92 Å². The van der Waals surface area contributed by atoms with Crippen molar-refractivity contribution in [2.45, 2.75) is 40.5 Å². The highest BCUT2D eigenvalue weighted by molar-refractivity contribution is 7.80. The Kier molecular flexibility index (Phi) is 8.37. The third-order valence-corrected chi connectivity index (χ3v) is 6.24. The standard InChI is InChI=1S/C22H29N3O3S2/c1-7-25(8-2)20(26)18-14(5)17(21(27)28-6)19(30-18)24-22(29)23-16-11-9-15(10-12-16)13(3)4/h9-13H,7-8H2,1-6H3,(H2,23,24,29). The fraction of sp³-hybridized carbons (Fsp3) is 0.409. The summed E-state index contributed by atoms with van der Waals surface area (Å²) in [5, 5.41) is 7.02. The van der Waals surface area contributed by atoms with Crippen LogP contribution in [0.1, 0.15) is 64.8 Å². The van der Waals surface area contributed by atoms with E-state index in [0.717, 1.165) is 5.69 Å². The smallest absolute Gasteiger partial charge is 0.341 e. The van der Waals surface area contributed by atoms with Gasteiger partial charge in [0.15, 0.2) is 5.11 Å². The molecule has 0 spiro atoms. The van der Waals surface area contributed by atoms with Gasteiger partial charge in [-0.15, -0.1) is 11.3 Å². The second-order valence-electron chi connectivity index (χ2n) is 7.09. The lowest BCUT2D eigenvalue weighted by Crippen LogP contribution is -2.30. The van der Waals surface area contributed by atoms with E-state index >= 15 is 0 Å². The first-order valence-electron chi connectivity index (χ1n) is 9.92. The number of ether oxygens (including phenoxy) is 1. The Balaban J connectivity index is 2.28. The van der Waals surface area contributed by atoms with Crippen LogP contribution in [0.3, 0.4) is 0 Å². The minimum absolute atomic E-state index is 0.108. The molecule has 0 aliphatic heterocycles. The van der Waals surface area contributed by atoms with Gasteiger partial charge in [0.1, 0.15) is 5.00 Å². The molecule has 1 heterocycles. The molecule has 0 aliphatic rings. The average molecular weight is 448 g/mol. The first kappa shape index (κ1) is 23.8. The monoisotopic (exact) mass is 447 g/mol. The topological polar surface area (TPSA) is 70.7 Å². The van der Waals surface area contributed by atoms with Crippen molar-refractivity contribution < 1.29 is 14.3 Å². The minimum Gasteiger partial charge on any atom is -0.465 e. The van der Waals surface area contributed by atoms with Crippen LogP contribution < -0.4 is 10.6 Å². The number of hydrogen-bond acceptors (Lipinski definition) is 5. The average Bonchev–Trinajstić information content (AvgIpc) is 3.04. The van der Waals surface area contributed by atoms with Crippen molar-refractivity contribution in [1.29, 1.82) is 0 Å². The van der Waals surface area contributed by atoms with Crippen LogP contribution >= 0.6 is 23.6 Å². The van der Waals surface area contributed by atoms with Gasteiger partial charge < -0.3 is 20.3 Å². The van der Waals surface area contributed by atoms with E-state index in [4.69, 9.17) is 17.0 Å². The molecule has 0 saturated carbocycles. The van der Waals surface area contributed by atoms with Crippen LogP contribution in [0.4, 0.5) is 10.7 Å². The summed E-state index contributed by atoms with van der Waals surface area (Å²) in [6, 6.07) is 8.01. The summed E-state index contributed by atoms with van der Waals surface area (Å²) in [5.41, 5.74) is 3.00. The lowest BCUT2D eigenvalue weighted by molar-refractivity contribution is 0.0601. The number of carbonyl (C=O) groups is 2. The third kappa shape index (κ3) is 5.37. The van der Waals surface area contributed by atoms with Crippen molar-refractivity contribution in [3.05, 3.63) is 45.8 Å². The molecule has 8 heteroatoms. The fourth-order valence-electron chi connectivity index (χ4n) is 3.02. The van der Waals surface area contributed by atoms with E-state index in [0.29, 0.717) is 45.1 Å². The van der Waals surface area contributed by atoms with Crippen LogP contribution in [-0.4, -0.2) is 42.1 Å². The van der Waals surface area contributed by atoms with Gasteiger partial charge in [-0.1, -0.05) is 26.0 Å². The lowest BCUT2D eigenvalue weighted by Gasteiger charge is -2.18. The van der Waals surface area contributed by atoms with Crippen molar-refractivity contribution in [3.63, 3.8) is 0 Å². The van der Waals surface area contributed by atoms with E-state index in [1.54, 1.807) is 11.8 Å². The number of thiocarbonyl (C=S) groups is 1. The van der Waals surface area contributed by atoms with Crippen molar-refractivity contribution in [3.8, 4) is 0 Å². The molecule has 0 saturated heterocycles. The van der Waals surface area contributed by atoms with Gasteiger partial charge >= 0.3 is 5.97 Å². The molecule has 0 bridgehead atoms. The van der Waals surface area contributed by atoms with Gasteiger partial charge in [0.25, 0.3) is 5.91 Å². The zero-order valence-electron chi connectivity index (χ0n) is 18.3. The predicted octanol–water partition coefficient (Wildman–Crippen LogP) is 5.26. The zero-order valence-corrected chi connectivity index (χ0v) is 19.9. The van der Waals surface area contributed by atoms with Crippen LogP contribution in [0.15, 0.2) is 24.3 Å². The van der Waals surface area contributed by atoms with E-state index in [9.17, 15) is 9.59 Å². The summed E-state index contributed by atoms with van der Waals surface area (Å²) in [7, 11) is 1.32. The maximum atomic E-state index is 12.9. The summed E-state index contributed by atoms with van der Waals surface area (Å²) < 4.78 is 4.94. The number of amides is 1. The largest absolute Gasteiger partial charge is 0.465 e. The second-order valence-corrected chi connectivity index (χ2v) is 8.51. The highest BCUT2D eigenvalue weighted by Crippen LogP contribution is 2.34. The SMILES string of the molecule is CCN(CC)C(=O)c1sc(NC(=S)Nc2ccc(C(C)C)cc2)c(C(=O)OC)c1C. The Morgan fingerprint density at radius 1 is 1.13 bits per heavy atom. The molecule has 1 aromatic heterocycles. The number of nitrogens with zero attached hydrogens (tertiary/aromatic N) is 1. The fourth-order valence-corrected chi connectivity index (χ4v) is 4.48. The minimum atomic E-state index is -0.506. The Bertz CT molecular complexity index is 916.